The molecule has 0 aliphatic rings. The molecule has 21 heavy (non-hydrogen) atoms. The second-order valence-electron chi connectivity index (χ2n) is 6.46. The van der Waals surface area contributed by atoms with Crippen molar-refractivity contribution >= 4 is 0 Å². The molecule has 0 bridgehead atoms. The fraction of sp³-hybridized carbons (Fsp3) is 0.667. The van der Waals surface area contributed by atoms with Gasteiger partial charge in [0.05, 0.1) is 5.56 Å². The molecule has 0 heterocycles. The SMILES string of the molecule is CCCCC(C)(CC)C(C)c1cc(C)cc(C(F)(F)F)c1. The van der Waals surface area contributed by atoms with Gasteiger partial charge in [-0.1, -0.05) is 58.6 Å². The summed E-state index contributed by atoms with van der Waals surface area (Å²) in [6, 6.07) is 4.46. The molecule has 0 amide bonds. The van der Waals surface area contributed by atoms with E-state index in [1.165, 1.54) is 12.1 Å². The van der Waals surface area contributed by atoms with E-state index in [4.69, 9.17) is 0 Å². The molecule has 0 nitrogen and oxygen atoms in total. The van der Waals surface area contributed by atoms with Crippen molar-refractivity contribution in [1.29, 1.82) is 0 Å². The number of benzene rings is 1. The lowest BCUT2D eigenvalue weighted by Gasteiger charge is -2.36. The smallest absolute Gasteiger partial charge is 0.166 e. The number of alkyl halides is 3. The first-order valence-electron chi connectivity index (χ1n) is 7.83. The van der Waals surface area contributed by atoms with Crippen LogP contribution in [0.25, 0.3) is 0 Å². The third-order valence-electron chi connectivity index (χ3n) is 4.88. The molecule has 0 saturated heterocycles. The minimum atomic E-state index is -4.27. The first kappa shape index (κ1) is 18.1. The molecule has 1 aromatic carbocycles. The maximum Gasteiger partial charge on any atom is 0.416 e. The van der Waals surface area contributed by atoms with Gasteiger partial charge in [0, 0.05) is 0 Å². The zero-order valence-electron chi connectivity index (χ0n) is 13.8. The molecule has 1 aromatic rings. The molecule has 0 aliphatic heterocycles. The van der Waals surface area contributed by atoms with E-state index in [0.29, 0.717) is 5.56 Å². The highest BCUT2D eigenvalue weighted by molar-refractivity contribution is 5.34. The van der Waals surface area contributed by atoms with Crippen LogP contribution in [0.3, 0.4) is 0 Å². The summed E-state index contributed by atoms with van der Waals surface area (Å²) >= 11 is 0. The lowest BCUT2D eigenvalue weighted by atomic mass is 9.69. The van der Waals surface area contributed by atoms with E-state index < -0.39 is 11.7 Å². The Labute approximate surface area is 126 Å². The van der Waals surface area contributed by atoms with Crippen molar-refractivity contribution in [2.75, 3.05) is 0 Å². The molecule has 0 saturated carbocycles. The van der Waals surface area contributed by atoms with Gasteiger partial charge >= 0.3 is 6.18 Å². The monoisotopic (exact) mass is 300 g/mol. The molecule has 0 N–H and O–H groups in total. The summed E-state index contributed by atoms with van der Waals surface area (Å²) in [6.45, 7) is 10.3. The van der Waals surface area contributed by atoms with E-state index in [0.717, 1.165) is 31.2 Å². The molecule has 0 spiro atoms. The number of halogens is 3. The fourth-order valence-electron chi connectivity index (χ4n) is 2.91. The minimum absolute atomic E-state index is 0.0483. The van der Waals surface area contributed by atoms with Crippen LogP contribution in [-0.4, -0.2) is 0 Å². The molecular formula is C18H27F3. The van der Waals surface area contributed by atoms with E-state index in [9.17, 15) is 13.2 Å². The van der Waals surface area contributed by atoms with Gasteiger partial charge in [0.15, 0.2) is 0 Å². The maximum atomic E-state index is 13.0. The second-order valence-corrected chi connectivity index (χ2v) is 6.46. The third kappa shape index (κ3) is 4.49. The molecular weight excluding hydrogens is 273 g/mol. The molecule has 0 fully saturated rings. The zero-order chi connectivity index (χ0) is 16.3. The quantitative estimate of drug-likeness (QED) is 0.546. The molecule has 3 heteroatoms. The Hall–Kier alpha value is -0.990. The molecule has 0 aliphatic carbocycles. The average Bonchev–Trinajstić information content (AvgIpc) is 2.42. The standard InChI is InChI=1S/C18H27F3/c1-6-8-9-17(5,7-2)14(4)15-10-13(3)11-16(12-15)18(19,20)21/h10-12,14H,6-9H2,1-5H3. The van der Waals surface area contributed by atoms with E-state index >= 15 is 0 Å². The molecule has 0 aromatic heterocycles. The van der Waals surface area contributed by atoms with Gasteiger partial charge in [0.2, 0.25) is 0 Å². The van der Waals surface area contributed by atoms with Crippen molar-refractivity contribution in [3.05, 3.63) is 34.9 Å². The summed E-state index contributed by atoms with van der Waals surface area (Å²) in [5.74, 6) is 0.120. The van der Waals surface area contributed by atoms with E-state index in [1.54, 1.807) is 6.92 Å². The normalized spacial score (nSPS) is 16.6. The Bertz CT molecular complexity index is 462. The van der Waals surface area contributed by atoms with Gasteiger partial charge < -0.3 is 0 Å². The fourth-order valence-corrected chi connectivity index (χ4v) is 2.91. The van der Waals surface area contributed by atoms with Crippen LogP contribution < -0.4 is 0 Å². The van der Waals surface area contributed by atoms with Crippen molar-refractivity contribution < 1.29 is 13.2 Å². The van der Waals surface area contributed by atoms with Crippen molar-refractivity contribution in [1.82, 2.24) is 0 Å². The van der Waals surface area contributed by atoms with Crippen LogP contribution in [0.2, 0.25) is 0 Å². The van der Waals surface area contributed by atoms with Gasteiger partial charge in [-0.2, -0.15) is 13.2 Å². The van der Waals surface area contributed by atoms with Crippen LogP contribution in [-0.2, 0) is 6.18 Å². The molecule has 2 unspecified atom stereocenters. The highest BCUT2D eigenvalue weighted by atomic mass is 19.4. The van der Waals surface area contributed by atoms with Gasteiger partial charge in [-0.15, -0.1) is 0 Å². The summed E-state index contributed by atoms with van der Waals surface area (Å²) in [7, 11) is 0. The number of unbranched alkanes of at least 4 members (excludes halogenated alkanes) is 1. The van der Waals surface area contributed by atoms with Gasteiger partial charge in [-0.25, -0.2) is 0 Å². The summed E-state index contributed by atoms with van der Waals surface area (Å²) in [5, 5.41) is 0. The second kappa shape index (κ2) is 6.85. The van der Waals surface area contributed by atoms with Gasteiger partial charge in [-0.3, -0.25) is 0 Å². The lowest BCUT2D eigenvalue weighted by molar-refractivity contribution is -0.137. The topological polar surface area (TPSA) is 0 Å². The number of hydrogen-bond donors (Lipinski definition) is 0. The zero-order valence-corrected chi connectivity index (χ0v) is 13.8. The van der Waals surface area contributed by atoms with Crippen LogP contribution in [0.4, 0.5) is 13.2 Å². The Morgan fingerprint density at radius 3 is 2.19 bits per heavy atom. The van der Waals surface area contributed by atoms with E-state index in [-0.39, 0.29) is 11.3 Å². The van der Waals surface area contributed by atoms with Crippen molar-refractivity contribution in [2.24, 2.45) is 5.41 Å². The Morgan fingerprint density at radius 2 is 1.71 bits per heavy atom. The van der Waals surface area contributed by atoms with Crippen LogP contribution in [0.15, 0.2) is 18.2 Å². The molecule has 0 radical (unpaired) electrons. The summed E-state index contributed by atoms with van der Waals surface area (Å²) < 4.78 is 39.0. The van der Waals surface area contributed by atoms with Crippen molar-refractivity contribution in [3.63, 3.8) is 0 Å². The van der Waals surface area contributed by atoms with E-state index in [1.807, 2.05) is 6.07 Å². The first-order valence-corrected chi connectivity index (χ1v) is 7.83. The summed E-state index contributed by atoms with van der Waals surface area (Å²) in [5.41, 5.74) is 1.01. The highest BCUT2D eigenvalue weighted by Crippen LogP contribution is 2.44. The predicted octanol–water partition coefficient (Wildman–Crippen LogP) is 6.72. The van der Waals surface area contributed by atoms with Crippen LogP contribution >= 0.6 is 0 Å². The molecule has 2 atom stereocenters. The Kier molecular flexibility index (Phi) is 5.89. The summed E-state index contributed by atoms with van der Waals surface area (Å²) in [6.07, 6.45) is -0.0109. The third-order valence-corrected chi connectivity index (χ3v) is 4.88. The summed E-state index contributed by atoms with van der Waals surface area (Å²) in [4.78, 5) is 0. The maximum absolute atomic E-state index is 13.0. The number of rotatable bonds is 6. The van der Waals surface area contributed by atoms with Gasteiger partial charge in [0.1, 0.15) is 0 Å². The van der Waals surface area contributed by atoms with E-state index in [2.05, 4.69) is 27.7 Å². The molecule has 120 valence electrons. The number of hydrogen-bond acceptors (Lipinski definition) is 0. The van der Waals surface area contributed by atoms with Crippen LogP contribution in [0.1, 0.15) is 76.0 Å². The lowest BCUT2D eigenvalue weighted by Crippen LogP contribution is -2.23. The van der Waals surface area contributed by atoms with Gasteiger partial charge in [-0.05, 0) is 42.4 Å². The predicted molar refractivity (Wildman–Crippen MR) is 82.5 cm³/mol. The number of aryl methyl sites for hydroxylation is 1. The van der Waals surface area contributed by atoms with Crippen molar-refractivity contribution in [2.45, 2.75) is 72.4 Å². The Balaban J connectivity index is 3.16. The minimum Gasteiger partial charge on any atom is -0.166 e. The van der Waals surface area contributed by atoms with Gasteiger partial charge in [0.25, 0.3) is 0 Å². The van der Waals surface area contributed by atoms with Crippen LogP contribution in [0.5, 0.6) is 0 Å². The highest BCUT2D eigenvalue weighted by Gasteiger charge is 2.34. The molecule has 1 rings (SSSR count). The Morgan fingerprint density at radius 1 is 1.10 bits per heavy atom. The van der Waals surface area contributed by atoms with Crippen LogP contribution in [0, 0.1) is 12.3 Å². The largest absolute Gasteiger partial charge is 0.416 e. The first-order chi connectivity index (χ1) is 9.64. The van der Waals surface area contributed by atoms with Crippen molar-refractivity contribution in [3.8, 4) is 0 Å². The average molecular weight is 300 g/mol.